The Bertz CT molecular complexity index is 755. The molecule has 0 aliphatic heterocycles. The number of hydrogen-bond acceptors (Lipinski definition) is 1. The summed E-state index contributed by atoms with van der Waals surface area (Å²) in [7, 11) is 0. The summed E-state index contributed by atoms with van der Waals surface area (Å²) in [6, 6.07) is 3.24. The minimum absolute atomic E-state index is 0.0417. The lowest BCUT2D eigenvalue weighted by Crippen LogP contribution is -2.29. The van der Waals surface area contributed by atoms with E-state index in [1.165, 1.54) is 64.2 Å². The zero-order valence-corrected chi connectivity index (χ0v) is 21.3. The molecule has 4 rings (SSSR count). The third-order valence-corrected chi connectivity index (χ3v) is 9.65. The average molecular weight is 479 g/mol. The van der Waals surface area contributed by atoms with Gasteiger partial charge in [-0.25, -0.2) is 13.2 Å². The first-order chi connectivity index (χ1) is 16.5. The molecule has 3 saturated carbocycles. The molecule has 1 aromatic carbocycles. The Morgan fingerprint density at radius 3 is 1.74 bits per heavy atom. The summed E-state index contributed by atoms with van der Waals surface area (Å²) in [6.45, 7) is 4.32. The molecule has 0 spiro atoms. The van der Waals surface area contributed by atoms with Gasteiger partial charge in [0.1, 0.15) is 0 Å². The van der Waals surface area contributed by atoms with Crippen LogP contribution in [0, 0.1) is 35.4 Å². The van der Waals surface area contributed by atoms with Crippen LogP contribution in [0.25, 0.3) is 0 Å². The van der Waals surface area contributed by atoms with Gasteiger partial charge in [-0.2, -0.15) is 0 Å². The molecule has 0 atom stereocenters. The van der Waals surface area contributed by atoms with Crippen LogP contribution in [0.15, 0.2) is 12.1 Å². The molecule has 0 saturated heterocycles. The van der Waals surface area contributed by atoms with E-state index < -0.39 is 17.8 Å². The maximum Gasteiger partial charge on any atom is 0.267 e. The fraction of sp³-hybridized carbons (Fsp3) is 0.800. The van der Waals surface area contributed by atoms with Crippen molar-refractivity contribution in [3.8, 4) is 5.75 Å². The first kappa shape index (κ1) is 25.9. The van der Waals surface area contributed by atoms with Gasteiger partial charge in [-0.3, -0.25) is 0 Å². The van der Waals surface area contributed by atoms with E-state index in [-0.39, 0.29) is 18.3 Å². The third kappa shape index (κ3) is 5.95. The maximum absolute atomic E-state index is 14.7. The van der Waals surface area contributed by atoms with Crippen LogP contribution in [0.4, 0.5) is 13.2 Å². The van der Waals surface area contributed by atoms with Crippen LogP contribution in [0.1, 0.15) is 127 Å². The summed E-state index contributed by atoms with van der Waals surface area (Å²) in [5.74, 6) is 3.55. The van der Waals surface area contributed by atoms with Crippen LogP contribution in [0.2, 0.25) is 0 Å². The molecule has 0 N–H and O–H groups in total. The molecule has 0 aromatic heterocycles. The summed E-state index contributed by atoms with van der Waals surface area (Å²) in [5.41, 5.74) is 0.0837. The SMILES string of the molecule is CCCC1CCC(C2CCC(C3CCC(c4ccc(OCC)c(F)c4C(F)F)CC3)CC2)CC1. The molecule has 0 bridgehead atoms. The van der Waals surface area contributed by atoms with Crippen molar-refractivity contribution in [2.75, 3.05) is 6.61 Å². The highest BCUT2D eigenvalue weighted by atomic mass is 19.3. The Morgan fingerprint density at radius 2 is 1.26 bits per heavy atom. The van der Waals surface area contributed by atoms with Gasteiger partial charge < -0.3 is 4.74 Å². The Kier molecular flexibility index (Phi) is 9.27. The predicted octanol–water partition coefficient (Wildman–Crippen LogP) is 9.85. The molecule has 0 amide bonds. The van der Waals surface area contributed by atoms with Crippen LogP contribution in [0.5, 0.6) is 5.75 Å². The molecule has 0 unspecified atom stereocenters. The average Bonchev–Trinajstić information content (AvgIpc) is 2.86. The molecule has 34 heavy (non-hydrogen) atoms. The standard InChI is InChI=1S/C30H45F3O/c1-3-5-20-6-8-21(9-7-20)22-10-12-23(13-11-22)24-14-16-25(17-15-24)26-18-19-27(34-4-2)29(31)28(26)30(32)33/h18-25,30H,3-17H2,1-2H3. The minimum atomic E-state index is -2.81. The Morgan fingerprint density at radius 1 is 0.765 bits per heavy atom. The topological polar surface area (TPSA) is 9.23 Å². The molecule has 0 radical (unpaired) electrons. The van der Waals surface area contributed by atoms with E-state index in [4.69, 9.17) is 4.74 Å². The van der Waals surface area contributed by atoms with Crippen molar-refractivity contribution in [3.05, 3.63) is 29.1 Å². The highest BCUT2D eigenvalue weighted by Crippen LogP contribution is 2.48. The first-order valence-corrected chi connectivity index (χ1v) is 14.2. The van der Waals surface area contributed by atoms with Gasteiger partial charge in [0, 0.05) is 0 Å². The summed E-state index contributed by atoms with van der Waals surface area (Å²) >= 11 is 0. The first-order valence-electron chi connectivity index (χ1n) is 14.2. The van der Waals surface area contributed by atoms with Gasteiger partial charge in [0.05, 0.1) is 12.2 Å². The molecular formula is C30H45F3O. The van der Waals surface area contributed by atoms with Gasteiger partial charge in [-0.15, -0.1) is 0 Å². The lowest BCUT2D eigenvalue weighted by molar-refractivity contribution is 0.108. The third-order valence-electron chi connectivity index (χ3n) is 9.65. The molecule has 1 aromatic rings. The predicted molar refractivity (Wildman–Crippen MR) is 133 cm³/mol. The van der Waals surface area contributed by atoms with Gasteiger partial charge in [-0.05, 0) is 118 Å². The normalized spacial score (nSPS) is 32.6. The van der Waals surface area contributed by atoms with E-state index in [1.54, 1.807) is 19.1 Å². The van der Waals surface area contributed by atoms with Crippen molar-refractivity contribution in [1.82, 2.24) is 0 Å². The zero-order valence-electron chi connectivity index (χ0n) is 21.3. The van der Waals surface area contributed by atoms with Crippen molar-refractivity contribution in [2.24, 2.45) is 29.6 Å². The summed E-state index contributed by atoms with van der Waals surface area (Å²) in [6.07, 6.45) is 15.3. The van der Waals surface area contributed by atoms with Crippen LogP contribution < -0.4 is 4.74 Å². The Balaban J connectivity index is 1.28. The fourth-order valence-corrected chi connectivity index (χ4v) is 7.78. The van der Waals surface area contributed by atoms with Crippen molar-refractivity contribution >= 4 is 0 Å². The number of alkyl halides is 2. The second kappa shape index (κ2) is 12.2. The molecule has 4 heteroatoms. The van der Waals surface area contributed by atoms with Crippen LogP contribution in [0.3, 0.4) is 0 Å². The fourth-order valence-electron chi connectivity index (χ4n) is 7.78. The van der Waals surface area contributed by atoms with Gasteiger partial charge in [0.15, 0.2) is 11.6 Å². The van der Waals surface area contributed by atoms with E-state index in [9.17, 15) is 13.2 Å². The van der Waals surface area contributed by atoms with Crippen molar-refractivity contribution in [1.29, 1.82) is 0 Å². The molecule has 0 heterocycles. The molecule has 3 aliphatic carbocycles. The highest BCUT2D eigenvalue weighted by molar-refractivity contribution is 5.40. The van der Waals surface area contributed by atoms with Crippen molar-refractivity contribution in [2.45, 2.75) is 116 Å². The largest absolute Gasteiger partial charge is 0.491 e. The molecule has 1 nitrogen and oxygen atoms in total. The monoisotopic (exact) mass is 478 g/mol. The summed E-state index contributed by atoms with van der Waals surface area (Å²) in [4.78, 5) is 0. The van der Waals surface area contributed by atoms with Crippen LogP contribution in [-0.2, 0) is 0 Å². The number of rotatable bonds is 8. The van der Waals surface area contributed by atoms with E-state index >= 15 is 0 Å². The molecule has 3 aliphatic rings. The Hall–Kier alpha value is -1.19. The smallest absolute Gasteiger partial charge is 0.267 e. The van der Waals surface area contributed by atoms with Gasteiger partial charge in [0.2, 0.25) is 0 Å². The van der Waals surface area contributed by atoms with E-state index in [2.05, 4.69) is 6.92 Å². The van der Waals surface area contributed by atoms with Gasteiger partial charge in [0.25, 0.3) is 6.43 Å². The quantitative estimate of drug-likeness (QED) is 0.361. The van der Waals surface area contributed by atoms with Gasteiger partial charge >= 0.3 is 0 Å². The van der Waals surface area contributed by atoms with E-state index in [1.807, 2.05) is 0 Å². The minimum Gasteiger partial charge on any atom is -0.491 e. The van der Waals surface area contributed by atoms with E-state index in [0.29, 0.717) is 5.56 Å². The lowest BCUT2D eigenvalue weighted by atomic mass is 9.64. The molecular weight excluding hydrogens is 433 g/mol. The lowest BCUT2D eigenvalue weighted by Gasteiger charge is -2.41. The molecule has 3 fully saturated rings. The zero-order chi connectivity index (χ0) is 24.1. The second-order valence-electron chi connectivity index (χ2n) is 11.5. The van der Waals surface area contributed by atoms with Gasteiger partial charge in [-0.1, -0.05) is 38.7 Å². The number of benzene rings is 1. The van der Waals surface area contributed by atoms with Crippen molar-refractivity contribution in [3.63, 3.8) is 0 Å². The summed E-state index contributed by atoms with van der Waals surface area (Å²) < 4.78 is 47.5. The Labute approximate surface area is 205 Å². The van der Waals surface area contributed by atoms with Crippen LogP contribution in [-0.4, -0.2) is 6.61 Å². The second-order valence-corrected chi connectivity index (χ2v) is 11.5. The number of hydrogen-bond donors (Lipinski definition) is 0. The van der Waals surface area contributed by atoms with Crippen LogP contribution >= 0.6 is 0 Å². The number of ether oxygens (including phenoxy) is 1. The molecule has 192 valence electrons. The number of halogens is 3. The van der Waals surface area contributed by atoms with Crippen molar-refractivity contribution < 1.29 is 17.9 Å². The highest BCUT2D eigenvalue weighted by Gasteiger charge is 2.36. The van der Waals surface area contributed by atoms with E-state index in [0.717, 1.165) is 55.3 Å². The summed E-state index contributed by atoms with van der Waals surface area (Å²) in [5, 5.41) is 0. The maximum atomic E-state index is 14.7.